The van der Waals surface area contributed by atoms with Crippen LogP contribution in [0.3, 0.4) is 0 Å². The van der Waals surface area contributed by atoms with E-state index in [9.17, 15) is 10.1 Å². The number of aliphatic imine (C=N–C) groups is 1. The van der Waals surface area contributed by atoms with Gasteiger partial charge in [0, 0.05) is 41.7 Å². The van der Waals surface area contributed by atoms with Crippen LogP contribution in [0.4, 0.5) is 5.69 Å². The average Bonchev–Trinajstić information content (AvgIpc) is 3.19. The fourth-order valence-electron chi connectivity index (χ4n) is 4.42. The molecule has 2 aromatic rings. The van der Waals surface area contributed by atoms with Crippen molar-refractivity contribution in [3.8, 4) is 0 Å². The van der Waals surface area contributed by atoms with E-state index in [0.29, 0.717) is 18.4 Å². The zero-order valence-electron chi connectivity index (χ0n) is 13.2. The van der Waals surface area contributed by atoms with Crippen LogP contribution in [0.2, 0.25) is 0 Å². The number of benzene rings is 1. The molecule has 24 heavy (non-hydrogen) atoms. The van der Waals surface area contributed by atoms with Gasteiger partial charge in [-0.1, -0.05) is 0 Å². The van der Waals surface area contributed by atoms with Crippen LogP contribution >= 0.6 is 0 Å². The van der Waals surface area contributed by atoms with Gasteiger partial charge in [0.05, 0.1) is 17.0 Å². The van der Waals surface area contributed by atoms with Crippen molar-refractivity contribution in [3.05, 3.63) is 40.1 Å². The highest BCUT2D eigenvalue weighted by molar-refractivity contribution is 6.08. The Balaban J connectivity index is 1.50. The minimum atomic E-state index is -0.373. The third-order valence-electron chi connectivity index (χ3n) is 5.72. The maximum atomic E-state index is 11.1. The number of nitro groups is 1. The minimum absolute atomic E-state index is 0.0829. The number of hydrogen-bond donors (Lipinski definition) is 1. The lowest BCUT2D eigenvalue weighted by molar-refractivity contribution is -0.384. The van der Waals surface area contributed by atoms with Gasteiger partial charge in [-0.2, -0.15) is 0 Å². The molecule has 5 heterocycles. The molecular formula is C17H18N4O3. The smallest absolute Gasteiger partial charge is 0.270 e. The van der Waals surface area contributed by atoms with Crippen molar-refractivity contribution < 1.29 is 9.66 Å². The van der Waals surface area contributed by atoms with Crippen molar-refractivity contribution in [2.75, 3.05) is 26.2 Å². The molecule has 6 rings (SSSR count). The first-order valence-corrected chi connectivity index (χ1v) is 8.36. The first-order valence-electron chi connectivity index (χ1n) is 8.36. The highest BCUT2D eigenvalue weighted by atomic mass is 16.6. The summed E-state index contributed by atoms with van der Waals surface area (Å²) in [5.41, 5.74) is 1.56. The normalized spacial score (nSPS) is 31.4. The van der Waals surface area contributed by atoms with Crippen LogP contribution in [-0.4, -0.2) is 52.5 Å². The Labute approximate surface area is 138 Å². The molecule has 7 heteroatoms. The maximum Gasteiger partial charge on any atom is 0.270 e. The predicted molar refractivity (Wildman–Crippen MR) is 89.3 cm³/mol. The first kappa shape index (κ1) is 14.0. The molecule has 2 bridgehead atoms. The highest BCUT2D eigenvalue weighted by Crippen LogP contribution is 2.42. The number of non-ortho nitro benzene ring substituents is 1. The average molecular weight is 326 g/mol. The number of piperidine rings is 3. The van der Waals surface area contributed by atoms with Crippen molar-refractivity contribution in [2.24, 2.45) is 10.9 Å². The predicted octanol–water partition coefficient (Wildman–Crippen LogP) is 2.32. The van der Waals surface area contributed by atoms with E-state index >= 15 is 0 Å². The summed E-state index contributed by atoms with van der Waals surface area (Å²) in [5, 5.41) is 11.8. The summed E-state index contributed by atoms with van der Waals surface area (Å²) >= 11 is 0. The number of nitrogens with zero attached hydrogens (tertiary/aromatic N) is 3. The summed E-state index contributed by atoms with van der Waals surface area (Å²) in [5.74, 6) is 1.18. The van der Waals surface area contributed by atoms with E-state index in [-0.39, 0.29) is 16.2 Å². The van der Waals surface area contributed by atoms with Gasteiger partial charge in [0.1, 0.15) is 5.60 Å². The number of hydrogen-bond acceptors (Lipinski definition) is 5. The molecule has 124 valence electrons. The molecule has 1 spiro atoms. The van der Waals surface area contributed by atoms with Crippen molar-refractivity contribution >= 4 is 22.5 Å². The first-order chi connectivity index (χ1) is 11.6. The number of ether oxygens (including phenoxy) is 1. The van der Waals surface area contributed by atoms with Crippen LogP contribution in [-0.2, 0) is 4.74 Å². The van der Waals surface area contributed by atoms with E-state index in [1.54, 1.807) is 12.1 Å². The zero-order chi connectivity index (χ0) is 16.3. The molecule has 1 aromatic carbocycles. The Bertz CT molecular complexity index is 866. The zero-order valence-corrected chi connectivity index (χ0v) is 13.2. The van der Waals surface area contributed by atoms with Crippen molar-refractivity contribution in [3.63, 3.8) is 0 Å². The second-order valence-corrected chi connectivity index (χ2v) is 7.03. The Morgan fingerprint density at radius 2 is 2.21 bits per heavy atom. The molecular weight excluding hydrogens is 308 g/mol. The molecule has 0 amide bonds. The number of rotatable bonds is 2. The molecule has 0 aliphatic carbocycles. The van der Waals surface area contributed by atoms with Crippen molar-refractivity contribution in [1.82, 2.24) is 9.88 Å². The van der Waals surface area contributed by atoms with E-state index in [4.69, 9.17) is 4.74 Å². The van der Waals surface area contributed by atoms with Gasteiger partial charge in [0.15, 0.2) is 0 Å². The Hall–Kier alpha value is -2.41. The highest BCUT2D eigenvalue weighted by Gasteiger charge is 2.51. The fraction of sp³-hybridized carbons (Fsp3) is 0.471. The van der Waals surface area contributed by atoms with Crippen LogP contribution in [0.1, 0.15) is 18.4 Å². The molecule has 1 aromatic heterocycles. The summed E-state index contributed by atoms with van der Waals surface area (Å²) < 4.78 is 6.40. The Morgan fingerprint density at radius 3 is 2.92 bits per heavy atom. The van der Waals surface area contributed by atoms with Crippen LogP contribution in [0.15, 0.2) is 29.4 Å². The fourth-order valence-corrected chi connectivity index (χ4v) is 4.42. The second kappa shape index (κ2) is 4.80. The monoisotopic (exact) mass is 326 g/mol. The molecule has 3 fully saturated rings. The molecule has 3 saturated heterocycles. The largest absolute Gasteiger partial charge is 0.467 e. The van der Waals surface area contributed by atoms with Crippen LogP contribution in [0.25, 0.3) is 10.9 Å². The van der Waals surface area contributed by atoms with Gasteiger partial charge >= 0.3 is 0 Å². The lowest BCUT2D eigenvalue weighted by Gasteiger charge is -2.50. The number of H-pyrrole nitrogens is 1. The van der Waals surface area contributed by atoms with E-state index in [0.717, 1.165) is 36.1 Å². The summed E-state index contributed by atoms with van der Waals surface area (Å²) in [6.45, 7) is 3.94. The number of nitrogens with one attached hydrogen (secondary N) is 1. The Morgan fingerprint density at radius 1 is 1.38 bits per heavy atom. The van der Waals surface area contributed by atoms with Gasteiger partial charge in [-0.05, 0) is 32.0 Å². The number of fused-ring (bicyclic) bond motifs is 3. The second-order valence-electron chi connectivity index (χ2n) is 7.03. The molecule has 1 N–H and O–H groups in total. The van der Waals surface area contributed by atoms with Crippen molar-refractivity contribution in [2.45, 2.75) is 18.4 Å². The molecule has 1 unspecified atom stereocenters. The van der Waals surface area contributed by atoms with Gasteiger partial charge in [0.25, 0.3) is 5.69 Å². The summed E-state index contributed by atoms with van der Waals surface area (Å²) in [7, 11) is 0. The van der Waals surface area contributed by atoms with Gasteiger partial charge in [-0.15, -0.1) is 0 Å². The van der Waals surface area contributed by atoms with Crippen molar-refractivity contribution in [1.29, 1.82) is 0 Å². The van der Waals surface area contributed by atoms with E-state index in [1.807, 2.05) is 6.20 Å². The number of aromatic nitrogens is 1. The lowest BCUT2D eigenvalue weighted by atomic mass is 9.75. The minimum Gasteiger partial charge on any atom is -0.467 e. The summed E-state index contributed by atoms with van der Waals surface area (Å²) in [6, 6.07) is 4.83. The van der Waals surface area contributed by atoms with E-state index < -0.39 is 0 Å². The summed E-state index contributed by atoms with van der Waals surface area (Å²) in [4.78, 5) is 21.0. The maximum absolute atomic E-state index is 11.1. The van der Waals surface area contributed by atoms with E-state index in [1.165, 1.54) is 18.9 Å². The standard InChI is InChI=1S/C17H18N4O3/c22-21(23)12-1-2-15-13(7-12)14(8-18-15)16-19-9-17(24-16)10-20-5-3-11(17)4-6-20/h1-2,7-8,11,18H,3-6,9-10H2. The Kier molecular flexibility index (Phi) is 2.79. The number of aromatic amines is 1. The van der Waals surface area contributed by atoms with Gasteiger partial charge in [0.2, 0.25) is 5.90 Å². The molecule has 4 aliphatic rings. The van der Waals surface area contributed by atoms with E-state index in [2.05, 4.69) is 14.9 Å². The third kappa shape index (κ3) is 1.91. The third-order valence-corrected chi connectivity index (χ3v) is 5.72. The topological polar surface area (TPSA) is 83.8 Å². The van der Waals surface area contributed by atoms with Gasteiger partial charge in [-0.25, -0.2) is 4.99 Å². The summed E-state index contributed by atoms with van der Waals surface area (Å²) in [6.07, 6.45) is 4.18. The SMILES string of the molecule is O=[N+]([O-])c1ccc2[nH]cc(C3=NCC4(CN5CCC4CC5)O3)c2c1. The van der Waals surface area contributed by atoms with Gasteiger partial charge < -0.3 is 9.72 Å². The number of nitro benzene ring substituents is 1. The molecule has 4 aliphatic heterocycles. The lowest BCUT2D eigenvalue weighted by Crippen LogP contribution is -2.60. The quantitative estimate of drug-likeness (QED) is 0.678. The molecule has 0 radical (unpaired) electrons. The van der Waals surface area contributed by atoms with Gasteiger partial charge in [-0.3, -0.25) is 15.0 Å². The molecule has 0 saturated carbocycles. The molecule has 1 atom stereocenters. The van der Waals surface area contributed by atoms with Crippen LogP contribution in [0.5, 0.6) is 0 Å². The van der Waals surface area contributed by atoms with Crippen LogP contribution < -0.4 is 0 Å². The molecule has 7 nitrogen and oxygen atoms in total. The van der Waals surface area contributed by atoms with Crippen LogP contribution in [0, 0.1) is 16.0 Å².